The van der Waals surface area contributed by atoms with Gasteiger partial charge in [-0.2, -0.15) is 0 Å². The van der Waals surface area contributed by atoms with Crippen molar-refractivity contribution in [2.24, 2.45) is 0 Å². The Morgan fingerprint density at radius 3 is 2.65 bits per heavy atom. The number of unbranched alkanes of at least 4 members (excludes halogenated alkanes) is 4. The van der Waals surface area contributed by atoms with Crippen molar-refractivity contribution in [3.63, 3.8) is 0 Å². The fourth-order valence-corrected chi connectivity index (χ4v) is 2.29. The molecule has 0 atom stereocenters. The van der Waals surface area contributed by atoms with E-state index in [-0.39, 0.29) is 5.78 Å². The average molecular weight is 250 g/mol. The lowest BCUT2D eigenvalue weighted by molar-refractivity contribution is 0.0979. The van der Waals surface area contributed by atoms with E-state index in [2.05, 4.69) is 6.92 Å². The zero-order chi connectivity index (χ0) is 12.5. The van der Waals surface area contributed by atoms with E-state index in [0.717, 1.165) is 12.0 Å². The number of benzene rings is 1. The van der Waals surface area contributed by atoms with Gasteiger partial charge >= 0.3 is 0 Å². The minimum Gasteiger partial charge on any atom is -0.294 e. The highest BCUT2D eigenvalue weighted by atomic mass is 32.2. The first-order valence-electron chi connectivity index (χ1n) is 6.45. The van der Waals surface area contributed by atoms with E-state index in [1.807, 2.05) is 30.5 Å². The summed E-state index contributed by atoms with van der Waals surface area (Å²) in [5.41, 5.74) is 0.868. The Balaban J connectivity index is 2.36. The molecule has 0 N–H and O–H groups in total. The highest BCUT2D eigenvalue weighted by Crippen LogP contribution is 2.17. The number of carbonyl (C=O) groups is 1. The maximum absolute atomic E-state index is 11.9. The lowest BCUT2D eigenvalue weighted by Gasteiger charge is -2.03. The molecule has 0 amide bonds. The third-order valence-corrected chi connectivity index (χ3v) is 3.62. The molecule has 1 aromatic carbocycles. The Labute approximate surface area is 109 Å². The topological polar surface area (TPSA) is 17.1 Å². The maximum Gasteiger partial charge on any atom is 0.162 e. The van der Waals surface area contributed by atoms with Crippen molar-refractivity contribution in [2.45, 2.75) is 50.3 Å². The SMILES string of the molecule is CCCCCCCC(=O)c1cccc(SC)c1. The molecule has 0 aliphatic rings. The van der Waals surface area contributed by atoms with Gasteiger partial charge in [0.25, 0.3) is 0 Å². The summed E-state index contributed by atoms with van der Waals surface area (Å²) in [6.07, 6.45) is 8.74. The van der Waals surface area contributed by atoms with Gasteiger partial charge in [0, 0.05) is 16.9 Å². The van der Waals surface area contributed by atoms with Crippen LogP contribution in [0.5, 0.6) is 0 Å². The van der Waals surface area contributed by atoms with Crippen LogP contribution in [0, 0.1) is 0 Å². The molecule has 0 spiro atoms. The van der Waals surface area contributed by atoms with Gasteiger partial charge in [0.05, 0.1) is 0 Å². The lowest BCUT2D eigenvalue weighted by Crippen LogP contribution is -1.98. The average Bonchev–Trinajstić information content (AvgIpc) is 2.38. The second-order valence-corrected chi connectivity index (χ2v) is 5.20. The summed E-state index contributed by atoms with van der Waals surface area (Å²) in [6.45, 7) is 2.21. The summed E-state index contributed by atoms with van der Waals surface area (Å²) in [5, 5.41) is 0. The second-order valence-electron chi connectivity index (χ2n) is 4.32. The van der Waals surface area contributed by atoms with Crippen LogP contribution in [-0.4, -0.2) is 12.0 Å². The normalized spacial score (nSPS) is 10.5. The number of hydrogen-bond acceptors (Lipinski definition) is 2. The van der Waals surface area contributed by atoms with E-state index in [9.17, 15) is 4.79 Å². The second kappa shape index (κ2) is 8.35. The van der Waals surface area contributed by atoms with Crippen LogP contribution < -0.4 is 0 Å². The molecule has 0 unspecified atom stereocenters. The first kappa shape index (κ1) is 14.3. The monoisotopic (exact) mass is 250 g/mol. The Bertz CT molecular complexity index is 347. The summed E-state index contributed by atoms with van der Waals surface area (Å²) in [7, 11) is 0. The van der Waals surface area contributed by atoms with Gasteiger partial charge in [-0.15, -0.1) is 11.8 Å². The third kappa shape index (κ3) is 5.40. The number of ketones is 1. The molecular formula is C15H22OS. The van der Waals surface area contributed by atoms with Gasteiger partial charge in [0.2, 0.25) is 0 Å². The van der Waals surface area contributed by atoms with Crippen LogP contribution >= 0.6 is 11.8 Å². The smallest absolute Gasteiger partial charge is 0.162 e. The molecule has 0 aliphatic carbocycles. The maximum atomic E-state index is 11.9. The van der Waals surface area contributed by atoms with Crippen LogP contribution in [0.3, 0.4) is 0 Å². The summed E-state index contributed by atoms with van der Waals surface area (Å²) in [4.78, 5) is 13.1. The molecule has 0 heterocycles. The van der Waals surface area contributed by atoms with E-state index in [1.165, 1.54) is 30.6 Å². The molecule has 0 fully saturated rings. The molecule has 1 nitrogen and oxygen atoms in total. The van der Waals surface area contributed by atoms with Crippen LogP contribution in [-0.2, 0) is 0 Å². The van der Waals surface area contributed by atoms with Gasteiger partial charge in [-0.05, 0) is 24.8 Å². The molecule has 0 saturated heterocycles. The quantitative estimate of drug-likeness (QED) is 0.369. The molecule has 1 rings (SSSR count). The van der Waals surface area contributed by atoms with Gasteiger partial charge in [-0.25, -0.2) is 0 Å². The first-order chi connectivity index (χ1) is 8.27. The lowest BCUT2D eigenvalue weighted by atomic mass is 10.0. The van der Waals surface area contributed by atoms with Crippen LogP contribution in [0.2, 0.25) is 0 Å². The standard InChI is InChI=1S/C15H22OS/c1-3-4-5-6-7-11-15(16)13-9-8-10-14(12-13)17-2/h8-10,12H,3-7,11H2,1-2H3. The predicted molar refractivity (Wildman–Crippen MR) is 75.9 cm³/mol. The van der Waals surface area contributed by atoms with E-state index in [0.29, 0.717) is 6.42 Å². The third-order valence-electron chi connectivity index (χ3n) is 2.90. The van der Waals surface area contributed by atoms with Gasteiger partial charge < -0.3 is 0 Å². The van der Waals surface area contributed by atoms with Crippen molar-refractivity contribution in [3.05, 3.63) is 29.8 Å². The summed E-state index contributed by atoms with van der Waals surface area (Å²) < 4.78 is 0. The summed E-state index contributed by atoms with van der Waals surface area (Å²) in [5.74, 6) is 0.289. The Hall–Kier alpha value is -0.760. The predicted octanol–water partition coefficient (Wildman–Crippen LogP) is 4.95. The van der Waals surface area contributed by atoms with E-state index < -0.39 is 0 Å². The molecule has 0 saturated carbocycles. The van der Waals surface area contributed by atoms with E-state index in [4.69, 9.17) is 0 Å². The van der Waals surface area contributed by atoms with Crippen LogP contribution in [0.25, 0.3) is 0 Å². The fraction of sp³-hybridized carbons (Fsp3) is 0.533. The Morgan fingerprint density at radius 1 is 1.18 bits per heavy atom. The van der Waals surface area contributed by atoms with Crippen LogP contribution in [0.15, 0.2) is 29.2 Å². The number of Topliss-reactive ketones (excluding diaryl/α,β-unsaturated/α-hetero) is 1. The van der Waals surface area contributed by atoms with Crippen molar-refractivity contribution in [2.75, 3.05) is 6.26 Å². The number of hydrogen-bond donors (Lipinski definition) is 0. The van der Waals surface area contributed by atoms with Gasteiger partial charge in [0.15, 0.2) is 5.78 Å². The van der Waals surface area contributed by atoms with Crippen molar-refractivity contribution in [1.82, 2.24) is 0 Å². The number of rotatable bonds is 8. The molecule has 17 heavy (non-hydrogen) atoms. The van der Waals surface area contributed by atoms with E-state index in [1.54, 1.807) is 11.8 Å². The molecule has 0 aromatic heterocycles. The molecule has 2 heteroatoms. The van der Waals surface area contributed by atoms with Gasteiger partial charge in [-0.3, -0.25) is 4.79 Å². The van der Waals surface area contributed by atoms with Crippen molar-refractivity contribution in [3.8, 4) is 0 Å². The molecule has 0 bridgehead atoms. The fourth-order valence-electron chi connectivity index (χ4n) is 1.83. The largest absolute Gasteiger partial charge is 0.294 e. The van der Waals surface area contributed by atoms with Crippen molar-refractivity contribution < 1.29 is 4.79 Å². The zero-order valence-corrected chi connectivity index (χ0v) is 11.7. The number of thioether (sulfide) groups is 1. The van der Waals surface area contributed by atoms with Crippen molar-refractivity contribution in [1.29, 1.82) is 0 Å². The minimum atomic E-state index is 0.289. The Morgan fingerprint density at radius 2 is 1.94 bits per heavy atom. The van der Waals surface area contributed by atoms with E-state index >= 15 is 0 Å². The van der Waals surface area contributed by atoms with Crippen LogP contribution in [0.4, 0.5) is 0 Å². The van der Waals surface area contributed by atoms with Crippen molar-refractivity contribution >= 4 is 17.5 Å². The number of carbonyl (C=O) groups excluding carboxylic acids is 1. The first-order valence-corrected chi connectivity index (χ1v) is 7.67. The Kier molecular flexibility index (Phi) is 7.02. The molecule has 0 aliphatic heterocycles. The molecular weight excluding hydrogens is 228 g/mol. The molecule has 94 valence electrons. The molecule has 0 radical (unpaired) electrons. The highest BCUT2D eigenvalue weighted by Gasteiger charge is 2.05. The minimum absolute atomic E-state index is 0.289. The highest BCUT2D eigenvalue weighted by molar-refractivity contribution is 7.98. The van der Waals surface area contributed by atoms with Gasteiger partial charge in [0.1, 0.15) is 0 Å². The summed E-state index contributed by atoms with van der Waals surface area (Å²) >= 11 is 1.68. The zero-order valence-electron chi connectivity index (χ0n) is 10.9. The van der Waals surface area contributed by atoms with Gasteiger partial charge in [-0.1, -0.05) is 44.7 Å². The summed E-state index contributed by atoms with van der Waals surface area (Å²) in [6, 6.07) is 7.94. The molecule has 1 aromatic rings. The van der Waals surface area contributed by atoms with Crippen LogP contribution in [0.1, 0.15) is 55.8 Å².